The summed E-state index contributed by atoms with van der Waals surface area (Å²) >= 11 is 11.2. The normalized spacial score (nSPS) is 30.8. The molecule has 0 bridgehead atoms. The average Bonchev–Trinajstić information content (AvgIpc) is 1.79. The van der Waals surface area contributed by atoms with Crippen LogP contribution < -0.4 is 26.6 Å². The third-order valence-electron chi connectivity index (χ3n) is 22.8. The van der Waals surface area contributed by atoms with Crippen molar-refractivity contribution in [2.75, 3.05) is 185 Å². The van der Waals surface area contributed by atoms with E-state index in [1.54, 1.807) is 11.8 Å². The van der Waals surface area contributed by atoms with Gasteiger partial charge in [-0.3, -0.25) is 38.6 Å². The summed E-state index contributed by atoms with van der Waals surface area (Å²) in [5.41, 5.74) is 0. The number of carbonyl (C=O) groups is 6. The number of hydrogen-bond donors (Lipinski definition) is 5. The second-order valence-corrected chi connectivity index (χ2v) is 39.3. The highest BCUT2D eigenvalue weighted by Crippen LogP contribution is 2.50. The van der Waals surface area contributed by atoms with Crippen molar-refractivity contribution in [2.24, 2.45) is 0 Å². The summed E-state index contributed by atoms with van der Waals surface area (Å²) in [5, 5.41) is 16.6. The van der Waals surface area contributed by atoms with Gasteiger partial charge in [0.2, 0.25) is 35.4 Å². The van der Waals surface area contributed by atoms with E-state index in [1.807, 2.05) is 58.8 Å². The van der Waals surface area contributed by atoms with Crippen molar-refractivity contribution in [3.05, 3.63) is 0 Å². The molecular weight excluding hydrogens is 1340 g/mol. The number of hydrogen-bond acceptors (Lipinski definition) is 21. The fourth-order valence-electron chi connectivity index (χ4n) is 15.8. The second-order valence-electron chi connectivity index (χ2n) is 30.3. The zero-order chi connectivity index (χ0) is 69.4. The summed E-state index contributed by atoms with van der Waals surface area (Å²) in [7, 11) is 12.9. The lowest BCUT2D eigenvalue weighted by Crippen LogP contribution is -2.54. The van der Waals surface area contributed by atoms with E-state index in [1.165, 1.54) is 77.8 Å². The van der Waals surface area contributed by atoms with Crippen LogP contribution in [0.25, 0.3) is 0 Å². The molecule has 27 heteroatoms. The van der Waals surface area contributed by atoms with Crippen LogP contribution in [-0.4, -0.2) is 320 Å². The molecule has 6 amide bonds. The van der Waals surface area contributed by atoms with Crippen LogP contribution in [0.2, 0.25) is 0 Å². The fraction of sp³-hybridized carbons (Fsp3) is 0.914. The zero-order valence-corrected chi connectivity index (χ0v) is 66.2. The molecule has 0 saturated carbocycles. The smallest absolute Gasteiger partial charge is 0.237 e. The van der Waals surface area contributed by atoms with Crippen molar-refractivity contribution in [1.82, 2.24) is 75.6 Å². The Morgan fingerprint density at radius 2 is 0.680 bits per heavy atom. The molecule has 15 aliphatic heterocycles. The molecule has 0 radical (unpaired) electrons. The van der Waals surface area contributed by atoms with Crippen molar-refractivity contribution in [2.45, 2.75) is 219 Å². The quantitative estimate of drug-likeness (QED) is 0.173. The number of thioether (sulfide) groups is 6. The molecule has 15 aliphatic rings. The molecule has 21 nitrogen and oxygen atoms in total. The molecule has 15 saturated heterocycles. The molecule has 0 aromatic rings. The van der Waals surface area contributed by atoms with Crippen LogP contribution in [-0.2, 0) is 28.8 Å². The maximum atomic E-state index is 12.7. The Balaban J connectivity index is 0.000000135. The van der Waals surface area contributed by atoms with E-state index in [2.05, 4.69) is 146 Å². The molecule has 5 N–H and O–H groups in total. The molecule has 97 heavy (non-hydrogen) atoms. The summed E-state index contributed by atoms with van der Waals surface area (Å²) in [4.78, 5) is 94.8. The minimum Gasteiger partial charge on any atom is -0.341 e. The van der Waals surface area contributed by atoms with Crippen molar-refractivity contribution in [3.63, 3.8) is 0 Å². The Kier molecular flexibility index (Phi) is 30.4. The predicted octanol–water partition coefficient (Wildman–Crippen LogP) is 6.64. The van der Waals surface area contributed by atoms with Crippen LogP contribution in [0, 0.1) is 0 Å². The number of nitrogens with zero attached hydrogens (tertiary/aromatic N) is 10. The highest BCUT2D eigenvalue weighted by atomic mass is 32.2. The summed E-state index contributed by atoms with van der Waals surface area (Å²) in [6, 6.07) is 0. The van der Waals surface area contributed by atoms with Crippen LogP contribution in [0.5, 0.6) is 0 Å². The zero-order valence-electron chi connectivity index (χ0n) is 61.3. The standard InChI is InChI=1S/C15H27N3OS.C13H23N3OS.3C10H18N2OS.C8H14N2OS.C4H9N/c1-3-13-14(19)18(12-17-8-4-5-9-17)15(20-13)6-10-16(2)11-7-15;1-14-8-4-13(5-9-14)16(12(17)10-18-13)11-15-6-2-3-7-15;3*1-3-8-9(13)11-10(14-8)4-6-12(2)7-5-10;1-10-4-2-8(3-5-10)9-7(11)6-12-8;1-2-4-5-3-1/h13H,3-12H2,1-2H3;2-11H2,1H3;3*8H,3-7H2,1-2H3,(H,11,13);2-6H2,1H3,(H,9,11);5H,1-4H2/t;;2*8-;;;/m..10.../s1. The van der Waals surface area contributed by atoms with E-state index < -0.39 is 0 Å². The van der Waals surface area contributed by atoms with Gasteiger partial charge in [0.05, 0.1) is 75.1 Å². The van der Waals surface area contributed by atoms with Gasteiger partial charge in [-0.1, -0.05) is 27.7 Å². The van der Waals surface area contributed by atoms with E-state index in [0.29, 0.717) is 23.3 Å². The lowest BCUT2D eigenvalue weighted by Gasteiger charge is -2.44. The van der Waals surface area contributed by atoms with Crippen LogP contribution in [0.4, 0.5) is 0 Å². The molecule has 15 heterocycles. The third-order valence-corrected chi connectivity index (χ3v) is 33.1. The summed E-state index contributed by atoms with van der Waals surface area (Å²) in [6.07, 6.45) is 25.1. The van der Waals surface area contributed by atoms with Gasteiger partial charge in [0.1, 0.15) is 0 Å². The Bertz CT molecular complexity index is 2400. The van der Waals surface area contributed by atoms with Gasteiger partial charge in [-0.05, 0) is 223 Å². The van der Waals surface area contributed by atoms with E-state index in [-0.39, 0.29) is 73.9 Å². The first-order valence-electron chi connectivity index (χ1n) is 37.6. The first kappa shape index (κ1) is 79.7. The molecular formula is C70H127N15O6S6. The Morgan fingerprint density at radius 1 is 0.351 bits per heavy atom. The van der Waals surface area contributed by atoms with Gasteiger partial charge in [0, 0.05) is 78.5 Å². The Hall–Kier alpha value is -1.44. The van der Waals surface area contributed by atoms with Gasteiger partial charge in [-0.2, -0.15) is 0 Å². The first-order valence-corrected chi connectivity index (χ1v) is 43.1. The van der Waals surface area contributed by atoms with Crippen molar-refractivity contribution in [1.29, 1.82) is 0 Å². The minimum absolute atomic E-state index is 0.0737. The van der Waals surface area contributed by atoms with Crippen molar-refractivity contribution in [3.8, 4) is 0 Å². The third kappa shape index (κ3) is 21.6. The predicted molar refractivity (Wildman–Crippen MR) is 408 cm³/mol. The lowest BCUT2D eigenvalue weighted by atomic mass is 10.0. The largest absolute Gasteiger partial charge is 0.341 e. The van der Waals surface area contributed by atoms with Gasteiger partial charge in [-0.15, -0.1) is 70.6 Å². The first-order chi connectivity index (χ1) is 46.5. The van der Waals surface area contributed by atoms with Crippen LogP contribution in [0.3, 0.4) is 0 Å². The Morgan fingerprint density at radius 3 is 0.990 bits per heavy atom. The summed E-state index contributed by atoms with van der Waals surface area (Å²) in [6.45, 7) is 30.6. The topological polar surface area (TPSA) is 195 Å². The minimum atomic E-state index is 0.0737. The maximum Gasteiger partial charge on any atom is 0.237 e. The molecule has 15 rings (SSSR count). The van der Waals surface area contributed by atoms with Gasteiger partial charge in [0.25, 0.3) is 0 Å². The number of likely N-dealkylation sites (tertiary alicyclic amines) is 8. The highest BCUT2D eigenvalue weighted by molar-refractivity contribution is 8.03. The monoisotopic (exact) mass is 1470 g/mol. The highest BCUT2D eigenvalue weighted by Gasteiger charge is 2.54. The molecule has 0 aliphatic carbocycles. The fourth-order valence-corrected chi connectivity index (χ4v) is 24.3. The number of amides is 6. The summed E-state index contributed by atoms with van der Waals surface area (Å²) < 4.78 is 0. The lowest BCUT2D eigenvalue weighted by molar-refractivity contribution is -0.136. The number of piperidine rings is 6. The average molecular weight is 1470 g/mol. The molecule has 554 valence electrons. The van der Waals surface area contributed by atoms with Crippen molar-refractivity contribution >= 4 is 106 Å². The molecule has 0 aromatic heterocycles. The van der Waals surface area contributed by atoms with Gasteiger partial charge < -0.3 is 65.8 Å². The van der Waals surface area contributed by atoms with E-state index >= 15 is 0 Å². The second kappa shape index (κ2) is 37.0. The molecule has 6 spiro atoms. The van der Waals surface area contributed by atoms with Gasteiger partial charge >= 0.3 is 0 Å². The summed E-state index contributed by atoms with van der Waals surface area (Å²) in [5.74, 6) is 3.07. The van der Waals surface area contributed by atoms with E-state index in [0.717, 1.165) is 195 Å². The maximum absolute atomic E-state index is 12.7. The number of carbonyl (C=O) groups excluding carboxylic acids is 6. The van der Waals surface area contributed by atoms with Gasteiger partial charge in [0.15, 0.2) is 0 Å². The molecule has 4 atom stereocenters. The Labute approximate surface area is 610 Å². The molecule has 0 aromatic carbocycles. The van der Waals surface area contributed by atoms with Crippen LogP contribution in [0.1, 0.15) is 169 Å². The SMILES string of the molecule is C1CCNC1.CCC1SC2(CCN(C)CC2)N(CN2CCCC2)C1=O.CCC1SC2(CCN(C)CC2)NC1=O.CC[C@@H]1SC2(CCN(C)CC2)NC1=O.CC[C@H]1SC2(CCN(C)CC2)NC1=O.CN1CCC2(CC1)NC(=O)CS2.CN1CCC2(CC1)SCC(=O)N2CN1CCCC1. The number of nitrogens with one attached hydrogen (secondary N) is 5. The van der Waals surface area contributed by atoms with E-state index in [4.69, 9.17) is 0 Å². The number of rotatable bonds is 8. The van der Waals surface area contributed by atoms with Crippen molar-refractivity contribution < 1.29 is 28.8 Å². The van der Waals surface area contributed by atoms with Gasteiger partial charge in [-0.25, -0.2) is 0 Å². The van der Waals surface area contributed by atoms with E-state index in [9.17, 15) is 28.8 Å². The molecule has 15 fully saturated rings. The van der Waals surface area contributed by atoms with Crippen LogP contribution in [0.15, 0.2) is 0 Å². The molecule has 2 unspecified atom stereocenters. The van der Waals surface area contributed by atoms with Crippen LogP contribution >= 0.6 is 70.6 Å².